The summed E-state index contributed by atoms with van der Waals surface area (Å²) in [6.45, 7) is 7.86. The van der Waals surface area contributed by atoms with Crippen LogP contribution in [0.4, 0.5) is 0 Å². The first kappa shape index (κ1) is 14.3. The second-order valence-electron chi connectivity index (χ2n) is 7.08. The zero-order valence-electron chi connectivity index (χ0n) is 12.7. The summed E-state index contributed by atoms with van der Waals surface area (Å²) in [4.78, 5) is 16.8. The third-order valence-corrected chi connectivity index (χ3v) is 6.03. The van der Waals surface area contributed by atoms with Crippen molar-refractivity contribution >= 4 is 5.97 Å². The number of carboxylic acids is 1. The van der Waals surface area contributed by atoms with Gasteiger partial charge in [0.25, 0.3) is 0 Å². The molecule has 0 aromatic rings. The fourth-order valence-corrected chi connectivity index (χ4v) is 4.68. The molecule has 114 valence electrons. The molecule has 4 fully saturated rings. The van der Waals surface area contributed by atoms with Gasteiger partial charge in [0, 0.05) is 12.6 Å². The van der Waals surface area contributed by atoms with E-state index < -0.39 is 11.4 Å². The molecule has 4 aliphatic heterocycles. The van der Waals surface area contributed by atoms with Crippen molar-refractivity contribution in [3.05, 3.63) is 0 Å². The number of piperidine rings is 4. The van der Waals surface area contributed by atoms with Crippen molar-refractivity contribution in [3.8, 4) is 0 Å². The Hall–Kier alpha value is -0.610. The number of fused-ring (bicyclic) bond motifs is 3. The van der Waals surface area contributed by atoms with Crippen molar-refractivity contribution in [2.45, 2.75) is 51.5 Å². The van der Waals surface area contributed by atoms with Crippen molar-refractivity contribution in [3.63, 3.8) is 0 Å². The molecule has 4 heteroatoms. The lowest BCUT2D eigenvalue weighted by Crippen LogP contribution is -2.59. The van der Waals surface area contributed by atoms with Crippen LogP contribution in [0.3, 0.4) is 0 Å². The standard InChI is InChI=1S/C16H28N2O2/c1-2-5-16(15(19)20)6-10-18(11-7-16)14-12-17-8-3-13(14)4-9-17/h13-14H,2-12H2,1H3,(H,19,20). The van der Waals surface area contributed by atoms with E-state index in [2.05, 4.69) is 16.7 Å². The van der Waals surface area contributed by atoms with Gasteiger partial charge >= 0.3 is 5.97 Å². The molecule has 0 aromatic carbocycles. The van der Waals surface area contributed by atoms with E-state index in [1.165, 1.54) is 32.5 Å². The minimum atomic E-state index is -0.562. The molecule has 1 atom stereocenters. The third kappa shape index (κ3) is 2.48. The van der Waals surface area contributed by atoms with Crippen molar-refractivity contribution in [2.75, 3.05) is 32.7 Å². The fraction of sp³-hybridized carbons (Fsp3) is 0.938. The monoisotopic (exact) mass is 280 g/mol. The average molecular weight is 280 g/mol. The molecule has 0 amide bonds. The number of carbonyl (C=O) groups is 1. The molecule has 0 radical (unpaired) electrons. The smallest absolute Gasteiger partial charge is 0.309 e. The normalized spacial score (nSPS) is 37.0. The number of hydrogen-bond donors (Lipinski definition) is 1. The Balaban J connectivity index is 1.62. The maximum absolute atomic E-state index is 11.7. The first-order chi connectivity index (χ1) is 9.64. The van der Waals surface area contributed by atoms with Crippen molar-refractivity contribution < 1.29 is 9.90 Å². The lowest BCUT2D eigenvalue weighted by Gasteiger charge is -2.51. The van der Waals surface area contributed by atoms with Crippen LogP contribution in [0.1, 0.15) is 45.4 Å². The van der Waals surface area contributed by atoms with Gasteiger partial charge in [-0.15, -0.1) is 0 Å². The van der Waals surface area contributed by atoms with Gasteiger partial charge < -0.3 is 10.0 Å². The van der Waals surface area contributed by atoms with Gasteiger partial charge in [0.05, 0.1) is 5.41 Å². The summed E-state index contributed by atoms with van der Waals surface area (Å²) in [5, 5.41) is 9.59. The average Bonchev–Trinajstić information content (AvgIpc) is 2.49. The van der Waals surface area contributed by atoms with E-state index in [1.807, 2.05) is 0 Å². The predicted octanol–water partition coefficient (Wildman–Crippen LogP) is 2.05. The first-order valence-electron chi connectivity index (χ1n) is 8.34. The quantitative estimate of drug-likeness (QED) is 0.856. The molecule has 0 aliphatic carbocycles. The van der Waals surface area contributed by atoms with Crippen molar-refractivity contribution in [1.29, 1.82) is 0 Å². The summed E-state index contributed by atoms with van der Waals surface area (Å²) >= 11 is 0. The van der Waals surface area contributed by atoms with E-state index >= 15 is 0 Å². The van der Waals surface area contributed by atoms with E-state index in [0.29, 0.717) is 6.04 Å². The molecule has 0 aromatic heterocycles. The lowest BCUT2D eigenvalue weighted by atomic mass is 9.73. The summed E-state index contributed by atoms with van der Waals surface area (Å²) in [6.07, 6.45) is 6.21. The Morgan fingerprint density at radius 2 is 1.85 bits per heavy atom. The molecule has 0 saturated carbocycles. The number of likely N-dealkylation sites (tertiary alicyclic amines) is 1. The largest absolute Gasteiger partial charge is 0.481 e. The van der Waals surface area contributed by atoms with Gasteiger partial charge in [0.2, 0.25) is 0 Å². The Kier molecular flexibility index (Phi) is 4.04. The van der Waals surface area contributed by atoms with Crippen LogP contribution < -0.4 is 0 Å². The van der Waals surface area contributed by atoms with E-state index in [-0.39, 0.29) is 0 Å². The molecule has 1 N–H and O–H groups in total. The molecular formula is C16H28N2O2. The highest BCUT2D eigenvalue weighted by Gasteiger charge is 2.44. The molecule has 4 saturated heterocycles. The van der Waals surface area contributed by atoms with Gasteiger partial charge in [0.1, 0.15) is 0 Å². The van der Waals surface area contributed by atoms with E-state index in [0.717, 1.165) is 44.7 Å². The van der Waals surface area contributed by atoms with Crippen LogP contribution in [-0.2, 0) is 4.79 Å². The van der Waals surface area contributed by atoms with Crippen LogP contribution in [0.15, 0.2) is 0 Å². The highest BCUT2D eigenvalue weighted by Crippen LogP contribution is 2.39. The number of nitrogens with zero attached hydrogens (tertiary/aromatic N) is 2. The number of hydrogen-bond acceptors (Lipinski definition) is 3. The van der Waals surface area contributed by atoms with Crippen molar-refractivity contribution in [1.82, 2.24) is 9.80 Å². The van der Waals surface area contributed by atoms with Crippen LogP contribution in [-0.4, -0.2) is 59.6 Å². The highest BCUT2D eigenvalue weighted by atomic mass is 16.4. The Bertz CT molecular complexity index is 355. The first-order valence-corrected chi connectivity index (χ1v) is 8.34. The summed E-state index contributed by atoms with van der Waals surface area (Å²) in [6, 6.07) is 0.700. The van der Waals surface area contributed by atoms with Gasteiger partial charge in [-0.05, 0) is 64.2 Å². The zero-order valence-corrected chi connectivity index (χ0v) is 12.7. The van der Waals surface area contributed by atoms with E-state index in [1.54, 1.807) is 0 Å². The van der Waals surface area contributed by atoms with Crippen LogP contribution in [0, 0.1) is 11.3 Å². The van der Waals surface area contributed by atoms with Crippen LogP contribution in [0.25, 0.3) is 0 Å². The Morgan fingerprint density at radius 1 is 1.20 bits per heavy atom. The molecule has 2 bridgehead atoms. The molecule has 4 nitrogen and oxygen atoms in total. The topological polar surface area (TPSA) is 43.8 Å². The minimum Gasteiger partial charge on any atom is -0.481 e. The minimum absolute atomic E-state index is 0.431. The SMILES string of the molecule is CCCC1(C(=O)O)CCN(C2CN3CCC2CC3)CC1. The van der Waals surface area contributed by atoms with Gasteiger partial charge in [0.15, 0.2) is 0 Å². The van der Waals surface area contributed by atoms with Gasteiger partial charge in [-0.1, -0.05) is 13.3 Å². The van der Waals surface area contributed by atoms with E-state index in [9.17, 15) is 9.90 Å². The molecular weight excluding hydrogens is 252 g/mol. The molecule has 0 spiro atoms. The zero-order chi connectivity index (χ0) is 14.2. The van der Waals surface area contributed by atoms with Crippen LogP contribution in [0.5, 0.6) is 0 Å². The summed E-state index contributed by atoms with van der Waals surface area (Å²) < 4.78 is 0. The van der Waals surface area contributed by atoms with Crippen LogP contribution in [0.2, 0.25) is 0 Å². The van der Waals surface area contributed by atoms with Gasteiger partial charge in [-0.3, -0.25) is 9.69 Å². The molecule has 1 unspecified atom stereocenters. The highest BCUT2D eigenvalue weighted by molar-refractivity contribution is 5.74. The molecule has 4 rings (SSSR count). The Labute approximate surface area is 122 Å². The Morgan fingerprint density at radius 3 is 2.30 bits per heavy atom. The summed E-state index contributed by atoms with van der Waals surface area (Å²) in [7, 11) is 0. The van der Waals surface area contributed by atoms with Gasteiger partial charge in [-0.25, -0.2) is 0 Å². The van der Waals surface area contributed by atoms with Crippen molar-refractivity contribution in [2.24, 2.45) is 11.3 Å². The van der Waals surface area contributed by atoms with Gasteiger partial charge in [-0.2, -0.15) is 0 Å². The number of carboxylic acid groups (broad SMARTS) is 1. The predicted molar refractivity (Wildman–Crippen MR) is 78.7 cm³/mol. The second kappa shape index (κ2) is 5.64. The fourth-order valence-electron chi connectivity index (χ4n) is 4.68. The second-order valence-corrected chi connectivity index (χ2v) is 7.08. The maximum atomic E-state index is 11.7. The lowest BCUT2D eigenvalue weighted by molar-refractivity contribution is -0.153. The van der Waals surface area contributed by atoms with Crippen LogP contribution >= 0.6 is 0 Å². The molecule has 4 aliphatic rings. The number of aliphatic carboxylic acids is 1. The molecule has 4 heterocycles. The maximum Gasteiger partial charge on any atom is 0.309 e. The summed E-state index contributed by atoms with van der Waals surface area (Å²) in [5.74, 6) is 0.302. The van der Waals surface area contributed by atoms with E-state index in [4.69, 9.17) is 0 Å². The number of rotatable bonds is 4. The molecule has 20 heavy (non-hydrogen) atoms. The summed E-state index contributed by atoms with van der Waals surface area (Å²) in [5.41, 5.74) is -0.431. The third-order valence-electron chi connectivity index (χ3n) is 6.03.